The van der Waals surface area contributed by atoms with Gasteiger partial charge in [0.2, 0.25) is 0 Å². The van der Waals surface area contributed by atoms with E-state index in [4.69, 9.17) is 11.6 Å². The van der Waals surface area contributed by atoms with Crippen LogP contribution < -0.4 is 5.32 Å². The molecule has 23 heavy (non-hydrogen) atoms. The number of benzene rings is 2. The maximum absolute atomic E-state index is 12.6. The molecule has 0 saturated heterocycles. The van der Waals surface area contributed by atoms with Crippen molar-refractivity contribution in [1.82, 2.24) is 9.59 Å². The molecule has 6 heteroatoms. The Labute approximate surface area is 143 Å². The summed E-state index contributed by atoms with van der Waals surface area (Å²) in [4.78, 5) is 13.0. The Morgan fingerprint density at radius 1 is 1.13 bits per heavy atom. The minimum Gasteiger partial charge on any atom is -0.321 e. The quantitative estimate of drug-likeness (QED) is 0.748. The van der Waals surface area contributed by atoms with E-state index in [9.17, 15) is 4.79 Å². The van der Waals surface area contributed by atoms with E-state index >= 15 is 0 Å². The summed E-state index contributed by atoms with van der Waals surface area (Å²) in [6.45, 7) is 3.98. The van der Waals surface area contributed by atoms with Crippen LogP contribution in [0.2, 0.25) is 5.02 Å². The summed E-state index contributed by atoms with van der Waals surface area (Å²) in [5, 5.41) is 7.64. The maximum Gasteiger partial charge on any atom is 0.269 e. The SMILES string of the molecule is Cc1ccc(NC(=O)c2snnc2-c2ccc(Cl)cc2)c(C)c1. The highest BCUT2D eigenvalue weighted by atomic mass is 35.5. The standard InChI is InChI=1S/C17H14ClN3OS/c1-10-3-8-14(11(2)9-10)19-17(22)16-15(20-21-23-16)12-4-6-13(18)7-5-12/h3-9H,1-2H3,(H,19,22). The van der Waals surface area contributed by atoms with E-state index in [0.29, 0.717) is 15.6 Å². The molecule has 0 spiro atoms. The predicted octanol–water partition coefficient (Wildman–Crippen LogP) is 4.73. The number of anilines is 1. The Hall–Kier alpha value is -2.24. The van der Waals surface area contributed by atoms with E-state index in [1.54, 1.807) is 12.1 Å². The molecule has 0 aliphatic heterocycles. The Balaban J connectivity index is 1.89. The fourth-order valence-corrected chi connectivity index (χ4v) is 2.98. The number of nitrogens with one attached hydrogen (secondary N) is 1. The molecule has 0 fully saturated rings. The van der Waals surface area contributed by atoms with Gasteiger partial charge in [-0.1, -0.05) is 45.9 Å². The summed E-state index contributed by atoms with van der Waals surface area (Å²) in [5.74, 6) is -0.211. The van der Waals surface area contributed by atoms with Crippen molar-refractivity contribution in [2.24, 2.45) is 0 Å². The Morgan fingerprint density at radius 2 is 1.87 bits per heavy atom. The molecule has 1 amide bonds. The van der Waals surface area contributed by atoms with Gasteiger partial charge in [0.25, 0.3) is 5.91 Å². The number of amides is 1. The van der Waals surface area contributed by atoms with Crippen molar-refractivity contribution in [1.29, 1.82) is 0 Å². The van der Waals surface area contributed by atoms with Crippen molar-refractivity contribution in [3.63, 3.8) is 0 Å². The van der Waals surface area contributed by atoms with Gasteiger partial charge >= 0.3 is 0 Å². The van der Waals surface area contributed by atoms with Crippen molar-refractivity contribution in [2.45, 2.75) is 13.8 Å². The molecule has 0 radical (unpaired) electrons. The van der Waals surface area contributed by atoms with Crippen LogP contribution >= 0.6 is 23.1 Å². The largest absolute Gasteiger partial charge is 0.321 e. The number of halogens is 1. The summed E-state index contributed by atoms with van der Waals surface area (Å²) in [6.07, 6.45) is 0. The Morgan fingerprint density at radius 3 is 2.57 bits per heavy atom. The topological polar surface area (TPSA) is 54.9 Å². The lowest BCUT2D eigenvalue weighted by Gasteiger charge is -2.08. The second-order valence-corrected chi connectivity index (χ2v) is 6.42. The summed E-state index contributed by atoms with van der Waals surface area (Å²) >= 11 is 6.98. The van der Waals surface area contributed by atoms with Crippen LogP contribution in [0.4, 0.5) is 5.69 Å². The van der Waals surface area contributed by atoms with Gasteiger partial charge in [-0.3, -0.25) is 4.79 Å². The molecule has 0 aliphatic rings. The second-order valence-electron chi connectivity index (χ2n) is 5.23. The van der Waals surface area contributed by atoms with Gasteiger partial charge in [-0.05, 0) is 49.1 Å². The van der Waals surface area contributed by atoms with Gasteiger partial charge in [-0.2, -0.15) is 0 Å². The molecule has 0 aliphatic carbocycles. The predicted molar refractivity (Wildman–Crippen MR) is 94.2 cm³/mol. The third-order valence-electron chi connectivity index (χ3n) is 3.44. The van der Waals surface area contributed by atoms with Crippen LogP contribution in [0.25, 0.3) is 11.3 Å². The van der Waals surface area contributed by atoms with Crippen molar-refractivity contribution in [3.05, 3.63) is 63.5 Å². The number of aromatic nitrogens is 2. The molecule has 3 aromatic rings. The first kappa shape index (κ1) is 15.6. The summed E-state index contributed by atoms with van der Waals surface area (Å²) < 4.78 is 3.92. The molecule has 1 N–H and O–H groups in total. The molecule has 0 atom stereocenters. The fourth-order valence-electron chi connectivity index (χ4n) is 2.27. The first-order chi connectivity index (χ1) is 11.0. The summed E-state index contributed by atoms with van der Waals surface area (Å²) in [5.41, 5.74) is 4.34. The highest BCUT2D eigenvalue weighted by Gasteiger charge is 2.18. The highest BCUT2D eigenvalue weighted by molar-refractivity contribution is 7.08. The van der Waals surface area contributed by atoms with Crippen LogP contribution in [0.1, 0.15) is 20.8 Å². The first-order valence-electron chi connectivity index (χ1n) is 7.01. The molecule has 4 nitrogen and oxygen atoms in total. The average molecular weight is 344 g/mol. The molecule has 3 rings (SSSR count). The summed E-state index contributed by atoms with van der Waals surface area (Å²) in [7, 11) is 0. The van der Waals surface area contributed by atoms with Crippen molar-refractivity contribution in [2.75, 3.05) is 5.32 Å². The molecular weight excluding hydrogens is 330 g/mol. The number of carbonyl (C=O) groups excluding carboxylic acids is 1. The molecule has 1 aromatic heterocycles. The van der Waals surface area contributed by atoms with E-state index in [0.717, 1.165) is 33.9 Å². The third kappa shape index (κ3) is 3.41. The Kier molecular flexibility index (Phi) is 4.41. The van der Waals surface area contributed by atoms with Crippen LogP contribution in [-0.4, -0.2) is 15.5 Å². The minimum atomic E-state index is -0.211. The van der Waals surface area contributed by atoms with Gasteiger partial charge in [0.05, 0.1) is 0 Å². The first-order valence-corrected chi connectivity index (χ1v) is 8.16. The van der Waals surface area contributed by atoms with Gasteiger partial charge in [0.1, 0.15) is 10.6 Å². The van der Waals surface area contributed by atoms with Crippen LogP contribution in [0, 0.1) is 13.8 Å². The number of carbonyl (C=O) groups is 1. The number of nitrogens with zero attached hydrogens (tertiary/aromatic N) is 2. The van der Waals surface area contributed by atoms with E-state index in [1.165, 1.54) is 0 Å². The fraction of sp³-hybridized carbons (Fsp3) is 0.118. The zero-order valence-electron chi connectivity index (χ0n) is 12.6. The van der Waals surface area contributed by atoms with Crippen LogP contribution in [0.5, 0.6) is 0 Å². The number of aryl methyl sites for hydroxylation is 2. The molecule has 2 aromatic carbocycles. The van der Waals surface area contributed by atoms with E-state index < -0.39 is 0 Å². The Bertz CT molecular complexity index is 859. The monoisotopic (exact) mass is 343 g/mol. The van der Waals surface area contributed by atoms with E-state index in [-0.39, 0.29) is 5.91 Å². The molecule has 0 saturated carbocycles. The minimum absolute atomic E-state index is 0.211. The molecule has 0 unspecified atom stereocenters. The zero-order chi connectivity index (χ0) is 16.4. The van der Waals surface area contributed by atoms with Gasteiger partial charge in [0, 0.05) is 16.3 Å². The molecule has 116 valence electrons. The van der Waals surface area contributed by atoms with E-state index in [1.807, 2.05) is 44.2 Å². The second kappa shape index (κ2) is 6.48. The highest BCUT2D eigenvalue weighted by Crippen LogP contribution is 2.26. The molecule has 1 heterocycles. The van der Waals surface area contributed by atoms with Crippen molar-refractivity contribution in [3.8, 4) is 11.3 Å². The van der Waals surface area contributed by atoms with Crippen molar-refractivity contribution >= 4 is 34.7 Å². The lowest BCUT2D eigenvalue weighted by atomic mass is 10.1. The van der Waals surface area contributed by atoms with Crippen LogP contribution in [0.3, 0.4) is 0 Å². The summed E-state index contributed by atoms with van der Waals surface area (Å²) in [6, 6.07) is 13.1. The lowest BCUT2D eigenvalue weighted by molar-refractivity contribution is 0.103. The van der Waals surface area contributed by atoms with Gasteiger partial charge in [0.15, 0.2) is 0 Å². The smallest absolute Gasteiger partial charge is 0.269 e. The van der Waals surface area contributed by atoms with Gasteiger partial charge in [-0.15, -0.1) is 5.10 Å². The zero-order valence-corrected chi connectivity index (χ0v) is 14.2. The normalized spacial score (nSPS) is 10.6. The van der Waals surface area contributed by atoms with E-state index in [2.05, 4.69) is 14.9 Å². The van der Waals surface area contributed by atoms with Gasteiger partial charge in [-0.25, -0.2) is 0 Å². The molecule has 0 bridgehead atoms. The number of hydrogen-bond donors (Lipinski definition) is 1. The number of rotatable bonds is 3. The number of hydrogen-bond acceptors (Lipinski definition) is 4. The average Bonchev–Trinajstić information content (AvgIpc) is 3.00. The third-order valence-corrected chi connectivity index (χ3v) is 4.42. The van der Waals surface area contributed by atoms with Crippen molar-refractivity contribution < 1.29 is 4.79 Å². The molecular formula is C17H14ClN3OS. The maximum atomic E-state index is 12.6. The van der Waals surface area contributed by atoms with Crippen LogP contribution in [0.15, 0.2) is 42.5 Å². The lowest BCUT2D eigenvalue weighted by Crippen LogP contribution is -2.12. The van der Waals surface area contributed by atoms with Crippen LogP contribution in [-0.2, 0) is 0 Å². The van der Waals surface area contributed by atoms with Gasteiger partial charge < -0.3 is 5.32 Å².